The number of hydrogen-bond donors (Lipinski definition) is 0. The molecule has 1 aliphatic heterocycles. The second-order valence-electron chi connectivity index (χ2n) is 5.49. The number of benzene rings is 1. The summed E-state index contributed by atoms with van der Waals surface area (Å²) in [5.41, 5.74) is 0.681. The summed E-state index contributed by atoms with van der Waals surface area (Å²) in [7, 11) is 0. The minimum absolute atomic E-state index is 0.0283. The van der Waals surface area contributed by atoms with Gasteiger partial charge < -0.3 is 4.42 Å². The fraction of sp³-hybridized carbons (Fsp3) is 0.375. The lowest BCUT2D eigenvalue weighted by Crippen LogP contribution is -2.36. The number of halogens is 2. The first kappa shape index (κ1) is 15.4. The molecule has 0 aliphatic carbocycles. The van der Waals surface area contributed by atoms with Gasteiger partial charge in [-0.1, -0.05) is 22.0 Å². The lowest BCUT2D eigenvalue weighted by molar-refractivity contribution is 0.0798. The van der Waals surface area contributed by atoms with Crippen LogP contribution >= 0.6 is 15.9 Å². The Bertz CT molecular complexity index is 652. The van der Waals surface area contributed by atoms with Crippen LogP contribution in [0.5, 0.6) is 0 Å². The number of likely N-dealkylation sites (tertiary alicyclic amines) is 1. The number of hydrogen-bond acceptors (Lipinski definition) is 4. The Morgan fingerprint density at radius 3 is 2.82 bits per heavy atom. The van der Waals surface area contributed by atoms with Crippen LogP contribution in [0.4, 0.5) is 4.39 Å². The van der Waals surface area contributed by atoms with Crippen molar-refractivity contribution in [1.29, 1.82) is 0 Å². The Morgan fingerprint density at radius 2 is 2.18 bits per heavy atom. The first-order valence-corrected chi connectivity index (χ1v) is 8.03. The predicted molar refractivity (Wildman–Crippen MR) is 82.9 cm³/mol. The van der Waals surface area contributed by atoms with E-state index in [4.69, 9.17) is 4.42 Å². The summed E-state index contributed by atoms with van der Waals surface area (Å²) in [5.74, 6) is -0.0890. The number of oxazole rings is 1. The average molecular weight is 367 g/mol. The fourth-order valence-electron chi connectivity index (χ4n) is 2.76. The minimum atomic E-state index is -0.202. The van der Waals surface area contributed by atoms with E-state index in [2.05, 4.69) is 25.8 Å². The van der Waals surface area contributed by atoms with Gasteiger partial charge in [-0.3, -0.25) is 9.69 Å². The van der Waals surface area contributed by atoms with Gasteiger partial charge >= 0.3 is 0 Å². The van der Waals surface area contributed by atoms with E-state index in [0.29, 0.717) is 12.1 Å². The highest BCUT2D eigenvalue weighted by Gasteiger charge is 2.28. The van der Waals surface area contributed by atoms with Crippen molar-refractivity contribution in [3.63, 3.8) is 0 Å². The molecule has 116 valence electrons. The third-order valence-electron chi connectivity index (χ3n) is 4.01. The van der Waals surface area contributed by atoms with Gasteiger partial charge in [0, 0.05) is 22.5 Å². The number of piperidine rings is 1. The third kappa shape index (κ3) is 3.44. The molecule has 1 aromatic heterocycles. The molecule has 0 unspecified atom stereocenters. The van der Waals surface area contributed by atoms with Crippen molar-refractivity contribution < 1.29 is 13.6 Å². The maximum atomic E-state index is 13.9. The van der Waals surface area contributed by atoms with Crippen molar-refractivity contribution in [2.45, 2.75) is 19.4 Å². The number of rotatable bonds is 4. The first-order valence-electron chi connectivity index (χ1n) is 7.23. The van der Waals surface area contributed by atoms with E-state index in [1.165, 1.54) is 18.5 Å². The van der Waals surface area contributed by atoms with E-state index < -0.39 is 0 Å². The van der Waals surface area contributed by atoms with Crippen molar-refractivity contribution in [3.05, 3.63) is 52.4 Å². The maximum Gasteiger partial charge on any atom is 0.263 e. The van der Waals surface area contributed by atoms with Crippen LogP contribution in [0.1, 0.15) is 29.1 Å². The average Bonchev–Trinajstić information content (AvgIpc) is 3.04. The number of ketones is 1. The topological polar surface area (TPSA) is 46.3 Å². The molecule has 4 nitrogen and oxygen atoms in total. The Labute approximate surface area is 136 Å². The van der Waals surface area contributed by atoms with Crippen LogP contribution in [0.3, 0.4) is 0 Å². The standard InChI is InChI=1S/C16H16BrFN2O2/c17-13-2-1-12(14(18)9-13)10-20-6-3-11(4-7-20)15(21)16-19-5-8-22-16/h1-2,5,8-9,11H,3-4,6-7,10H2. The molecule has 6 heteroatoms. The Morgan fingerprint density at radius 1 is 1.41 bits per heavy atom. The summed E-state index contributed by atoms with van der Waals surface area (Å²) in [6, 6.07) is 5.12. The molecule has 0 spiro atoms. The van der Waals surface area contributed by atoms with Crippen LogP contribution in [0, 0.1) is 11.7 Å². The summed E-state index contributed by atoms with van der Waals surface area (Å²) < 4.78 is 19.7. The van der Waals surface area contributed by atoms with Gasteiger partial charge in [0.1, 0.15) is 12.1 Å². The summed E-state index contributed by atoms with van der Waals surface area (Å²) in [4.78, 5) is 18.3. The molecule has 2 heterocycles. The highest BCUT2D eigenvalue weighted by atomic mass is 79.9. The van der Waals surface area contributed by atoms with Gasteiger partial charge in [0.15, 0.2) is 0 Å². The zero-order chi connectivity index (χ0) is 15.5. The van der Waals surface area contributed by atoms with E-state index in [9.17, 15) is 9.18 Å². The maximum absolute atomic E-state index is 13.9. The molecule has 1 aliphatic rings. The fourth-order valence-corrected chi connectivity index (χ4v) is 3.10. The van der Waals surface area contributed by atoms with Crippen LogP contribution < -0.4 is 0 Å². The summed E-state index contributed by atoms with van der Waals surface area (Å²) in [6.45, 7) is 2.11. The monoisotopic (exact) mass is 366 g/mol. The second kappa shape index (κ2) is 6.71. The zero-order valence-corrected chi connectivity index (χ0v) is 13.6. The summed E-state index contributed by atoms with van der Waals surface area (Å²) in [6.07, 6.45) is 4.40. The van der Waals surface area contributed by atoms with Gasteiger partial charge in [0.2, 0.25) is 5.78 Å². The molecular formula is C16H16BrFN2O2. The van der Waals surface area contributed by atoms with Gasteiger partial charge in [-0.15, -0.1) is 0 Å². The van der Waals surface area contributed by atoms with Crippen molar-refractivity contribution in [3.8, 4) is 0 Å². The Balaban J connectivity index is 1.56. The normalized spacial score (nSPS) is 16.8. The smallest absolute Gasteiger partial charge is 0.263 e. The third-order valence-corrected chi connectivity index (χ3v) is 4.50. The van der Waals surface area contributed by atoms with Crippen LogP contribution in [0.2, 0.25) is 0 Å². The molecule has 0 atom stereocenters. The minimum Gasteiger partial charge on any atom is -0.442 e. The molecule has 0 radical (unpaired) electrons. The molecule has 0 bridgehead atoms. The molecule has 22 heavy (non-hydrogen) atoms. The van der Waals surface area contributed by atoms with Crippen LogP contribution in [0.25, 0.3) is 0 Å². The number of Topliss-reactive ketones (excluding diaryl/α,β-unsaturated/α-hetero) is 1. The molecule has 1 fully saturated rings. The zero-order valence-electron chi connectivity index (χ0n) is 12.0. The van der Waals surface area contributed by atoms with Crippen LogP contribution in [-0.4, -0.2) is 28.8 Å². The lowest BCUT2D eigenvalue weighted by Gasteiger charge is -2.30. The van der Waals surface area contributed by atoms with E-state index in [1.807, 2.05) is 6.07 Å². The van der Waals surface area contributed by atoms with Crippen molar-refractivity contribution >= 4 is 21.7 Å². The first-order chi connectivity index (χ1) is 10.6. The second-order valence-corrected chi connectivity index (χ2v) is 6.40. The largest absolute Gasteiger partial charge is 0.442 e. The molecule has 2 aromatic rings. The van der Waals surface area contributed by atoms with Gasteiger partial charge in [0.25, 0.3) is 5.89 Å². The van der Waals surface area contributed by atoms with Gasteiger partial charge in [0.05, 0.1) is 6.20 Å². The summed E-state index contributed by atoms with van der Waals surface area (Å²) >= 11 is 3.26. The quantitative estimate of drug-likeness (QED) is 0.774. The van der Waals surface area contributed by atoms with Crippen molar-refractivity contribution in [2.75, 3.05) is 13.1 Å². The van der Waals surface area contributed by atoms with E-state index in [-0.39, 0.29) is 23.4 Å². The van der Waals surface area contributed by atoms with Gasteiger partial charge in [-0.05, 0) is 38.1 Å². The molecule has 0 saturated carbocycles. The molecule has 0 N–H and O–H groups in total. The van der Waals surface area contributed by atoms with E-state index >= 15 is 0 Å². The molecule has 1 saturated heterocycles. The van der Waals surface area contributed by atoms with E-state index in [0.717, 1.165) is 30.4 Å². The number of aromatic nitrogens is 1. The van der Waals surface area contributed by atoms with E-state index in [1.54, 1.807) is 6.07 Å². The van der Waals surface area contributed by atoms with Crippen molar-refractivity contribution in [2.24, 2.45) is 5.92 Å². The number of nitrogens with zero attached hydrogens (tertiary/aromatic N) is 2. The Hall–Kier alpha value is -1.53. The molecule has 1 aromatic carbocycles. The highest BCUT2D eigenvalue weighted by molar-refractivity contribution is 9.10. The van der Waals surface area contributed by atoms with Crippen molar-refractivity contribution in [1.82, 2.24) is 9.88 Å². The van der Waals surface area contributed by atoms with Gasteiger partial charge in [-0.2, -0.15) is 0 Å². The molecule has 0 amide bonds. The SMILES string of the molecule is O=C(c1ncco1)C1CCN(Cc2ccc(Br)cc2F)CC1. The number of carbonyl (C=O) groups excluding carboxylic acids is 1. The van der Waals surface area contributed by atoms with Crippen LogP contribution in [-0.2, 0) is 6.54 Å². The predicted octanol–water partition coefficient (Wildman–Crippen LogP) is 3.67. The Kier molecular flexibility index (Phi) is 4.69. The molecule has 3 rings (SSSR count). The molecular weight excluding hydrogens is 351 g/mol. The highest BCUT2D eigenvalue weighted by Crippen LogP contribution is 2.23. The van der Waals surface area contributed by atoms with Gasteiger partial charge in [-0.25, -0.2) is 9.37 Å². The summed E-state index contributed by atoms with van der Waals surface area (Å²) in [5, 5.41) is 0. The number of carbonyl (C=O) groups is 1. The van der Waals surface area contributed by atoms with Crippen LogP contribution in [0.15, 0.2) is 39.5 Å². The lowest BCUT2D eigenvalue weighted by atomic mass is 9.92.